The van der Waals surface area contributed by atoms with Gasteiger partial charge in [-0.1, -0.05) is 23.7 Å². The van der Waals surface area contributed by atoms with E-state index in [1.165, 1.54) is 27.0 Å². The highest BCUT2D eigenvalue weighted by Crippen LogP contribution is 2.33. The minimum Gasteiger partial charge on any atom is -0.357 e. The summed E-state index contributed by atoms with van der Waals surface area (Å²) in [5.41, 5.74) is 1.15. The lowest BCUT2D eigenvalue weighted by molar-refractivity contribution is 0.0697. The van der Waals surface area contributed by atoms with Crippen molar-refractivity contribution < 1.29 is 13.2 Å². The summed E-state index contributed by atoms with van der Waals surface area (Å²) in [4.78, 5) is 22.1. The van der Waals surface area contributed by atoms with Crippen molar-refractivity contribution in [3.63, 3.8) is 0 Å². The molecule has 0 saturated carbocycles. The Morgan fingerprint density at radius 3 is 2.54 bits per heavy atom. The summed E-state index contributed by atoms with van der Waals surface area (Å²) in [7, 11) is -3.64. The highest BCUT2D eigenvalue weighted by atomic mass is 35.5. The van der Waals surface area contributed by atoms with Crippen molar-refractivity contribution in [2.75, 3.05) is 39.3 Å². The van der Waals surface area contributed by atoms with E-state index in [-0.39, 0.29) is 23.2 Å². The smallest absolute Gasteiger partial charge is 0.282 e. The molecule has 0 bridgehead atoms. The number of fused-ring (bicyclic) bond motifs is 1. The molecule has 0 unspecified atom stereocenters. The Kier molecular flexibility index (Phi) is 6.71. The number of nitrogens with one attached hydrogen (secondary N) is 1. The van der Waals surface area contributed by atoms with E-state index in [2.05, 4.69) is 11.1 Å². The molecule has 4 heterocycles. The number of amidine groups is 1. The Morgan fingerprint density at radius 1 is 1.09 bits per heavy atom. The van der Waals surface area contributed by atoms with Crippen LogP contribution in [-0.4, -0.2) is 78.5 Å². The molecule has 8 nitrogen and oxygen atoms in total. The van der Waals surface area contributed by atoms with Gasteiger partial charge in [0.15, 0.2) is 5.01 Å². The van der Waals surface area contributed by atoms with Crippen LogP contribution in [0.5, 0.6) is 0 Å². The fourth-order valence-electron chi connectivity index (χ4n) is 4.22. The largest absolute Gasteiger partial charge is 0.357 e. The van der Waals surface area contributed by atoms with Gasteiger partial charge in [0.05, 0.1) is 10.7 Å². The topological polar surface area (TPSA) is 97.7 Å². The van der Waals surface area contributed by atoms with Crippen molar-refractivity contribution in [3.05, 3.63) is 51.4 Å². The molecule has 0 aliphatic carbocycles. The van der Waals surface area contributed by atoms with Crippen LogP contribution in [0.2, 0.25) is 5.02 Å². The standard InChI is InChI=1S/C23H24ClN5O3S3/c1-15(25)27-6-4-16(5-7-27)20-14-26-22(34-20)23(30)28-8-10-29(11-9-28)35(31,32)21-12-17-2-3-18(24)13-19(17)33-21/h2-4,12-14,25H,5-11H2,1H3. The summed E-state index contributed by atoms with van der Waals surface area (Å²) >= 11 is 8.63. The normalized spacial score (nSPS) is 17.6. The van der Waals surface area contributed by atoms with E-state index in [4.69, 9.17) is 17.0 Å². The molecule has 2 aromatic heterocycles. The maximum Gasteiger partial charge on any atom is 0.282 e. The van der Waals surface area contributed by atoms with Crippen LogP contribution in [0.4, 0.5) is 0 Å². The Balaban J connectivity index is 1.23. The minimum absolute atomic E-state index is 0.164. The van der Waals surface area contributed by atoms with Gasteiger partial charge in [0, 0.05) is 55.2 Å². The third kappa shape index (κ3) is 4.88. The fourth-order valence-corrected chi connectivity index (χ4v) is 8.42. The van der Waals surface area contributed by atoms with Gasteiger partial charge in [0.1, 0.15) is 4.21 Å². The third-order valence-electron chi connectivity index (χ3n) is 6.27. The average Bonchev–Trinajstić information content (AvgIpc) is 3.51. The molecule has 0 atom stereocenters. The number of benzene rings is 1. The summed E-state index contributed by atoms with van der Waals surface area (Å²) in [5.74, 6) is 0.390. The van der Waals surface area contributed by atoms with Gasteiger partial charge in [-0.2, -0.15) is 4.31 Å². The molecule has 1 amide bonds. The van der Waals surface area contributed by atoms with Gasteiger partial charge < -0.3 is 9.80 Å². The Labute approximate surface area is 217 Å². The van der Waals surface area contributed by atoms with Crippen LogP contribution in [-0.2, 0) is 10.0 Å². The zero-order chi connectivity index (χ0) is 24.7. The second-order valence-electron chi connectivity index (χ2n) is 8.48. The number of piperazine rings is 1. The Morgan fingerprint density at radius 2 is 1.86 bits per heavy atom. The van der Waals surface area contributed by atoms with Crippen LogP contribution < -0.4 is 0 Å². The van der Waals surface area contributed by atoms with E-state index in [9.17, 15) is 13.2 Å². The second kappa shape index (κ2) is 9.62. The number of nitrogens with zero attached hydrogens (tertiary/aromatic N) is 4. The summed E-state index contributed by atoms with van der Waals surface area (Å²) in [6, 6.07) is 7.02. The molecule has 3 aromatic rings. The molecule has 184 valence electrons. The highest BCUT2D eigenvalue weighted by molar-refractivity contribution is 7.91. The lowest BCUT2D eigenvalue weighted by atomic mass is 10.1. The van der Waals surface area contributed by atoms with Crippen molar-refractivity contribution in [3.8, 4) is 0 Å². The van der Waals surface area contributed by atoms with Crippen LogP contribution in [0.3, 0.4) is 0 Å². The quantitative estimate of drug-likeness (QED) is 0.388. The van der Waals surface area contributed by atoms with E-state index < -0.39 is 10.0 Å². The van der Waals surface area contributed by atoms with Gasteiger partial charge in [0.2, 0.25) is 0 Å². The zero-order valence-corrected chi connectivity index (χ0v) is 22.2. The summed E-state index contributed by atoms with van der Waals surface area (Å²) in [5, 5.41) is 9.60. The lowest BCUT2D eigenvalue weighted by Crippen LogP contribution is -2.50. The van der Waals surface area contributed by atoms with E-state index in [0.717, 1.165) is 33.5 Å². The summed E-state index contributed by atoms with van der Waals surface area (Å²) in [6.07, 6.45) is 4.65. The molecule has 12 heteroatoms. The molecular formula is C23H24ClN5O3S3. The lowest BCUT2D eigenvalue weighted by Gasteiger charge is -2.33. The molecule has 0 radical (unpaired) electrons. The Bertz CT molecular complexity index is 1440. The molecule has 1 aromatic carbocycles. The van der Waals surface area contributed by atoms with Crippen molar-refractivity contribution in [2.45, 2.75) is 17.6 Å². The van der Waals surface area contributed by atoms with Crippen LogP contribution in [0.1, 0.15) is 28.0 Å². The van der Waals surface area contributed by atoms with Gasteiger partial charge in [-0.05, 0) is 42.5 Å². The molecule has 1 N–H and O–H groups in total. The van der Waals surface area contributed by atoms with Crippen molar-refractivity contribution in [2.24, 2.45) is 0 Å². The molecular weight excluding hydrogens is 526 g/mol. The van der Waals surface area contributed by atoms with Gasteiger partial charge in [-0.3, -0.25) is 10.2 Å². The number of halogens is 1. The molecule has 1 saturated heterocycles. The van der Waals surface area contributed by atoms with E-state index in [1.54, 1.807) is 36.2 Å². The number of sulfonamides is 1. The minimum atomic E-state index is -3.64. The number of hydrogen-bond acceptors (Lipinski definition) is 7. The maximum atomic E-state index is 13.2. The fraction of sp³-hybridized carbons (Fsp3) is 0.348. The molecule has 0 spiro atoms. The van der Waals surface area contributed by atoms with Crippen molar-refractivity contribution in [1.82, 2.24) is 19.1 Å². The third-order valence-corrected chi connectivity index (χ3v) is 11.0. The SMILES string of the molecule is CC(=N)N1CC=C(c2cnc(C(=O)N3CCN(S(=O)(=O)c4cc5ccc(Cl)cc5s4)CC3)s2)CC1. The first-order valence-corrected chi connectivity index (χ1v) is 14.6. The first kappa shape index (κ1) is 24.4. The predicted molar refractivity (Wildman–Crippen MR) is 141 cm³/mol. The number of hydrogen-bond donors (Lipinski definition) is 1. The molecule has 5 rings (SSSR count). The monoisotopic (exact) mass is 549 g/mol. The number of thiazole rings is 1. The molecule has 2 aliphatic rings. The van der Waals surface area contributed by atoms with Crippen LogP contribution in [0.25, 0.3) is 15.7 Å². The Hall–Kier alpha value is -2.31. The van der Waals surface area contributed by atoms with Gasteiger partial charge >= 0.3 is 0 Å². The second-order valence-corrected chi connectivity index (χ2v) is 13.2. The van der Waals surface area contributed by atoms with Gasteiger partial charge in [0.25, 0.3) is 15.9 Å². The van der Waals surface area contributed by atoms with Crippen LogP contribution in [0, 0.1) is 5.41 Å². The summed E-state index contributed by atoms with van der Waals surface area (Å²) < 4.78 is 29.0. The average molecular weight is 550 g/mol. The number of amides is 1. The highest BCUT2D eigenvalue weighted by Gasteiger charge is 2.32. The zero-order valence-electron chi connectivity index (χ0n) is 19.0. The number of carbonyl (C=O) groups excluding carboxylic acids is 1. The van der Waals surface area contributed by atoms with E-state index in [1.807, 2.05) is 11.0 Å². The van der Waals surface area contributed by atoms with Crippen molar-refractivity contribution in [1.29, 1.82) is 5.41 Å². The van der Waals surface area contributed by atoms with Gasteiger partial charge in [-0.25, -0.2) is 13.4 Å². The van der Waals surface area contributed by atoms with Gasteiger partial charge in [-0.15, -0.1) is 22.7 Å². The number of aromatic nitrogens is 1. The first-order chi connectivity index (χ1) is 16.7. The van der Waals surface area contributed by atoms with E-state index in [0.29, 0.717) is 35.5 Å². The predicted octanol–water partition coefficient (Wildman–Crippen LogP) is 4.24. The summed E-state index contributed by atoms with van der Waals surface area (Å²) in [6.45, 7) is 4.38. The molecule has 2 aliphatic heterocycles. The maximum absolute atomic E-state index is 13.2. The van der Waals surface area contributed by atoms with Crippen LogP contribution in [0.15, 0.2) is 40.7 Å². The van der Waals surface area contributed by atoms with Crippen LogP contribution >= 0.6 is 34.3 Å². The van der Waals surface area contributed by atoms with Crippen molar-refractivity contribution >= 4 is 71.7 Å². The molecule has 1 fully saturated rings. The number of thiophene rings is 1. The number of carbonyl (C=O) groups is 1. The number of rotatable bonds is 4. The molecule has 35 heavy (non-hydrogen) atoms. The van der Waals surface area contributed by atoms with E-state index >= 15 is 0 Å². The first-order valence-electron chi connectivity index (χ1n) is 11.2.